The van der Waals surface area contributed by atoms with Crippen molar-refractivity contribution in [3.05, 3.63) is 65.2 Å². The number of nitrogens with two attached hydrogens (primary N) is 1. The number of carbonyl (C=O) groups excluding carboxylic acids is 1. The summed E-state index contributed by atoms with van der Waals surface area (Å²) in [6.45, 7) is 0.589. The van der Waals surface area contributed by atoms with E-state index in [0.717, 1.165) is 24.1 Å². The van der Waals surface area contributed by atoms with Crippen molar-refractivity contribution < 1.29 is 4.79 Å². The molecule has 108 valence electrons. The fourth-order valence-corrected chi connectivity index (χ4v) is 2.72. The van der Waals surface area contributed by atoms with Crippen LogP contribution < -0.4 is 16.6 Å². The van der Waals surface area contributed by atoms with Gasteiger partial charge in [-0.3, -0.25) is 10.2 Å². The standard InChI is InChI=1S/C17H19N3O/c18-16-7-5-12(6-8-16)11-19-20-17(21)15-9-13-3-1-2-4-14(13)10-15/h1-8,15,19H,9-11,18H2,(H,20,21). The third-order valence-corrected chi connectivity index (χ3v) is 3.91. The van der Waals surface area contributed by atoms with Crippen molar-refractivity contribution in [1.82, 2.24) is 10.9 Å². The Morgan fingerprint density at radius 1 is 1.05 bits per heavy atom. The summed E-state index contributed by atoms with van der Waals surface area (Å²) in [4.78, 5) is 12.2. The van der Waals surface area contributed by atoms with E-state index in [1.54, 1.807) is 0 Å². The van der Waals surface area contributed by atoms with Gasteiger partial charge in [-0.1, -0.05) is 36.4 Å². The van der Waals surface area contributed by atoms with Gasteiger partial charge in [0.05, 0.1) is 0 Å². The smallest absolute Gasteiger partial charge is 0.237 e. The third-order valence-electron chi connectivity index (χ3n) is 3.91. The lowest BCUT2D eigenvalue weighted by atomic mass is 10.1. The molecular formula is C17H19N3O. The Morgan fingerprint density at radius 2 is 1.67 bits per heavy atom. The molecule has 0 atom stereocenters. The Morgan fingerprint density at radius 3 is 2.29 bits per heavy atom. The second-order valence-corrected chi connectivity index (χ2v) is 5.46. The summed E-state index contributed by atoms with van der Waals surface area (Å²) in [5.41, 5.74) is 15.8. The minimum absolute atomic E-state index is 0.0290. The molecule has 1 amide bonds. The number of rotatable bonds is 4. The number of benzene rings is 2. The van der Waals surface area contributed by atoms with Gasteiger partial charge >= 0.3 is 0 Å². The number of nitrogen functional groups attached to an aromatic ring is 1. The Hall–Kier alpha value is -2.33. The summed E-state index contributed by atoms with van der Waals surface area (Å²) in [6, 6.07) is 15.9. The Bertz CT molecular complexity index is 612. The number of anilines is 1. The van der Waals surface area contributed by atoms with Crippen LogP contribution in [0.25, 0.3) is 0 Å². The van der Waals surface area contributed by atoms with Crippen LogP contribution in [0.3, 0.4) is 0 Å². The molecule has 0 heterocycles. The molecule has 0 radical (unpaired) electrons. The second kappa shape index (κ2) is 5.97. The quantitative estimate of drug-likeness (QED) is 0.591. The van der Waals surface area contributed by atoms with Gasteiger partial charge in [0.1, 0.15) is 0 Å². The van der Waals surface area contributed by atoms with Crippen LogP contribution in [0.1, 0.15) is 16.7 Å². The van der Waals surface area contributed by atoms with Crippen LogP contribution >= 0.6 is 0 Å². The minimum atomic E-state index is 0.0290. The highest BCUT2D eigenvalue weighted by molar-refractivity contribution is 5.79. The lowest BCUT2D eigenvalue weighted by molar-refractivity contribution is -0.125. The van der Waals surface area contributed by atoms with E-state index in [0.29, 0.717) is 6.54 Å². The van der Waals surface area contributed by atoms with E-state index in [4.69, 9.17) is 5.73 Å². The molecule has 0 spiro atoms. The first-order valence-corrected chi connectivity index (χ1v) is 7.16. The molecule has 0 fully saturated rings. The summed E-state index contributed by atoms with van der Waals surface area (Å²) in [5.74, 6) is 0.0861. The Kier molecular flexibility index (Phi) is 3.88. The fraction of sp³-hybridized carbons (Fsp3) is 0.235. The highest BCUT2D eigenvalue weighted by Gasteiger charge is 2.26. The van der Waals surface area contributed by atoms with Crippen molar-refractivity contribution in [3.8, 4) is 0 Å². The summed E-state index contributed by atoms with van der Waals surface area (Å²) < 4.78 is 0. The molecule has 0 saturated carbocycles. The zero-order chi connectivity index (χ0) is 14.7. The third kappa shape index (κ3) is 3.23. The molecule has 0 aromatic heterocycles. The topological polar surface area (TPSA) is 67.2 Å². The van der Waals surface area contributed by atoms with Crippen molar-refractivity contribution in [2.45, 2.75) is 19.4 Å². The monoisotopic (exact) mass is 281 g/mol. The first-order valence-electron chi connectivity index (χ1n) is 7.16. The van der Waals surface area contributed by atoms with Crippen molar-refractivity contribution in [3.63, 3.8) is 0 Å². The van der Waals surface area contributed by atoms with Gasteiger partial charge in [-0.25, -0.2) is 5.43 Å². The molecule has 0 unspecified atom stereocenters. The largest absolute Gasteiger partial charge is 0.399 e. The summed E-state index contributed by atoms with van der Waals surface area (Å²) in [7, 11) is 0. The van der Waals surface area contributed by atoms with Crippen molar-refractivity contribution in [1.29, 1.82) is 0 Å². The summed E-state index contributed by atoms with van der Waals surface area (Å²) >= 11 is 0. The van der Waals surface area contributed by atoms with E-state index >= 15 is 0 Å². The molecule has 3 rings (SSSR count). The highest BCUT2D eigenvalue weighted by Crippen LogP contribution is 2.26. The molecule has 4 N–H and O–H groups in total. The van der Waals surface area contributed by atoms with Gasteiger partial charge in [-0.05, 0) is 41.7 Å². The molecule has 2 aromatic carbocycles. The number of fused-ring (bicyclic) bond motifs is 1. The van der Waals surface area contributed by atoms with E-state index < -0.39 is 0 Å². The Balaban J connectivity index is 1.48. The number of hydrazine groups is 1. The predicted molar refractivity (Wildman–Crippen MR) is 83.2 cm³/mol. The van der Waals surface area contributed by atoms with Crippen molar-refractivity contribution >= 4 is 11.6 Å². The molecule has 0 bridgehead atoms. The summed E-state index contributed by atoms with van der Waals surface area (Å²) in [6.07, 6.45) is 1.65. The molecule has 0 saturated heterocycles. The second-order valence-electron chi connectivity index (χ2n) is 5.46. The van der Waals surface area contributed by atoms with Gasteiger partial charge in [0.2, 0.25) is 5.91 Å². The molecule has 4 heteroatoms. The Labute approximate surface area is 124 Å². The maximum atomic E-state index is 12.2. The first kappa shape index (κ1) is 13.6. The normalized spacial score (nSPS) is 13.9. The molecule has 2 aromatic rings. The number of hydrogen-bond acceptors (Lipinski definition) is 3. The van der Waals surface area contributed by atoms with Crippen molar-refractivity contribution in [2.75, 3.05) is 5.73 Å². The SMILES string of the molecule is Nc1ccc(CNNC(=O)C2Cc3ccccc3C2)cc1. The maximum Gasteiger partial charge on any atom is 0.237 e. The minimum Gasteiger partial charge on any atom is -0.399 e. The molecule has 21 heavy (non-hydrogen) atoms. The van der Waals surface area contributed by atoms with Crippen LogP contribution in [0, 0.1) is 5.92 Å². The zero-order valence-electron chi connectivity index (χ0n) is 11.8. The first-order chi connectivity index (χ1) is 10.2. The summed E-state index contributed by atoms with van der Waals surface area (Å²) in [5, 5.41) is 0. The number of amides is 1. The van der Waals surface area contributed by atoms with E-state index in [1.165, 1.54) is 11.1 Å². The van der Waals surface area contributed by atoms with Crippen LogP contribution in [0.2, 0.25) is 0 Å². The molecular weight excluding hydrogens is 262 g/mol. The highest BCUT2D eigenvalue weighted by atomic mass is 16.2. The fourth-order valence-electron chi connectivity index (χ4n) is 2.72. The molecule has 0 aliphatic heterocycles. The predicted octanol–water partition coefficient (Wildman–Crippen LogP) is 1.80. The number of nitrogens with one attached hydrogen (secondary N) is 2. The van der Waals surface area contributed by atoms with E-state index in [2.05, 4.69) is 23.0 Å². The molecule has 1 aliphatic rings. The van der Waals surface area contributed by atoms with Crippen molar-refractivity contribution in [2.24, 2.45) is 5.92 Å². The molecule has 4 nitrogen and oxygen atoms in total. The van der Waals surface area contributed by atoms with Gasteiger partial charge in [-0.2, -0.15) is 0 Å². The average Bonchev–Trinajstić information content (AvgIpc) is 2.93. The number of carbonyl (C=O) groups is 1. The lowest BCUT2D eigenvalue weighted by Crippen LogP contribution is -2.41. The van der Waals surface area contributed by atoms with Gasteiger partial charge in [0, 0.05) is 18.2 Å². The van der Waals surface area contributed by atoms with Crippen LogP contribution in [-0.4, -0.2) is 5.91 Å². The number of hydrogen-bond donors (Lipinski definition) is 3. The van der Waals surface area contributed by atoms with Gasteiger partial charge in [-0.15, -0.1) is 0 Å². The van der Waals surface area contributed by atoms with E-state index in [-0.39, 0.29) is 11.8 Å². The van der Waals surface area contributed by atoms with Crippen LogP contribution in [0.5, 0.6) is 0 Å². The molecule has 1 aliphatic carbocycles. The van der Waals surface area contributed by atoms with Gasteiger partial charge < -0.3 is 5.73 Å². The van der Waals surface area contributed by atoms with E-state index in [1.807, 2.05) is 36.4 Å². The van der Waals surface area contributed by atoms with Crippen LogP contribution in [-0.2, 0) is 24.2 Å². The van der Waals surface area contributed by atoms with Gasteiger partial charge in [0.25, 0.3) is 0 Å². The average molecular weight is 281 g/mol. The van der Waals surface area contributed by atoms with Gasteiger partial charge in [0.15, 0.2) is 0 Å². The lowest BCUT2D eigenvalue weighted by Gasteiger charge is -2.11. The van der Waals surface area contributed by atoms with Crippen LogP contribution in [0.15, 0.2) is 48.5 Å². The van der Waals surface area contributed by atoms with Crippen LogP contribution in [0.4, 0.5) is 5.69 Å². The maximum absolute atomic E-state index is 12.2. The zero-order valence-corrected chi connectivity index (χ0v) is 11.8. The van der Waals surface area contributed by atoms with E-state index in [9.17, 15) is 4.79 Å².